The molecule has 0 saturated carbocycles. The van der Waals surface area contributed by atoms with E-state index in [4.69, 9.17) is 0 Å². The molecule has 0 aliphatic carbocycles. The molecule has 0 radical (unpaired) electrons. The van der Waals surface area contributed by atoms with Gasteiger partial charge < -0.3 is 9.88 Å². The number of nitrogens with zero attached hydrogens (tertiary/aromatic N) is 2. The number of aromatic nitrogens is 2. The minimum Gasteiger partial charge on any atom is -0.339 e. The molecule has 26 heavy (non-hydrogen) atoms. The molecule has 3 aromatic rings. The Labute approximate surface area is 147 Å². The number of hydrogen-bond acceptors (Lipinski definition) is 3. The first-order valence-corrected chi connectivity index (χ1v) is 7.79. The zero-order valence-corrected chi connectivity index (χ0v) is 13.8. The molecule has 0 spiro atoms. The van der Waals surface area contributed by atoms with Crippen LogP contribution in [0.5, 0.6) is 0 Å². The molecule has 1 atom stereocenters. The Morgan fingerprint density at radius 1 is 1.12 bits per heavy atom. The topological polar surface area (TPSA) is 64.0 Å². The molecule has 0 saturated heterocycles. The standard InChI is InChI=1S/C19H15F2N3O2/c1-24-11-13(6-9-16(24)25)19(26)23-17(12-4-7-14(20)8-5-12)18-15(21)3-2-10-22-18/h2-11,17H,1H3,(H,23,26)/t17-/m0/s1. The summed E-state index contributed by atoms with van der Waals surface area (Å²) in [5.41, 5.74) is 0.461. The lowest BCUT2D eigenvalue weighted by Gasteiger charge is -2.19. The Hall–Kier alpha value is -3.35. The van der Waals surface area contributed by atoms with Crippen LogP contribution in [0.3, 0.4) is 0 Å². The molecular weight excluding hydrogens is 340 g/mol. The van der Waals surface area contributed by atoms with Crippen LogP contribution < -0.4 is 10.9 Å². The third-order valence-electron chi connectivity index (χ3n) is 3.89. The molecule has 0 unspecified atom stereocenters. The van der Waals surface area contributed by atoms with E-state index in [1.165, 1.54) is 72.5 Å². The second-order valence-corrected chi connectivity index (χ2v) is 5.70. The first-order valence-electron chi connectivity index (χ1n) is 7.79. The molecule has 5 nitrogen and oxygen atoms in total. The molecule has 1 aromatic carbocycles. The van der Waals surface area contributed by atoms with E-state index in [1.54, 1.807) is 0 Å². The zero-order chi connectivity index (χ0) is 18.7. The van der Waals surface area contributed by atoms with Crippen molar-refractivity contribution in [2.24, 2.45) is 7.05 Å². The minimum absolute atomic E-state index is 0.0114. The molecule has 0 fully saturated rings. The van der Waals surface area contributed by atoms with Crippen molar-refractivity contribution in [2.45, 2.75) is 6.04 Å². The number of halogens is 2. The summed E-state index contributed by atoms with van der Waals surface area (Å²) in [6, 6.07) is 9.76. The van der Waals surface area contributed by atoms with Crippen LogP contribution in [0.2, 0.25) is 0 Å². The maximum absolute atomic E-state index is 14.2. The van der Waals surface area contributed by atoms with Crippen LogP contribution in [0.1, 0.15) is 27.7 Å². The van der Waals surface area contributed by atoms with E-state index in [1.807, 2.05) is 0 Å². The largest absolute Gasteiger partial charge is 0.339 e. The van der Waals surface area contributed by atoms with E-state index in [0.717, 1.165) is 0 Å². The lowest BCUT2D eigenvalue weighted by molar-refractivity contribution is 0.0941. The van der Waals surface area contributed by atoms with E-state index in [0.29, 0.717) is 5.56 Å². The third-order valence-corrected chi connectivity index (χ3v) is 3.89. The minimum atomic E-state index is -0.915. The van der Waals surface area contributed by atoms with Gasteiger partial charge in [0.15, 0.2) is 0 Å². The first-order chi connectivity index (χ1) is 12.5. The molecule has 0 aliphatic heterocycles. The van der Waals surface area contributed by atoms with Gasteiger partial charge in [-0.25, -0.2) is 8.78 Å². The highest BCUT2D eigenvalue weighted by molar-refractivity contribution is 5.94. The van der Waals surface area contributed by atoms with Crippen molar-refractivity contribution in [3.8, 4) is 0 Å². The molecule has 0 aliphatic rings. The molecule has 1 N–H and O–H groups in total. The van der Waals surface area contributed by atoms with Gasteiger partial charge in [-0.15, -0.1) is 0 Å². The second kappa shape index (κ2) is 7.26. The van der Waals surface area contributed by atoms with Crippen molar-refractivity contribution in [3.63, 3.8) is 0 Å². The smallest absolute Gasteiger partial charge is 0.253 e. The fourth-order valence-electron chi connectivity index (χ4n) is 2.52. The zero-order valence-electron chi connectivity index (χ0n) is 13.8. The van der Waals surface area contributed by atoms with Crippen LogP contribution in [0, 0.1) is 11.6 Å². The fourth-order valence-corrected chi connectivity index (χ4v) is 2.52. The molecule has 0 bridgehead atoms. The van der Waals surface area contributed by atoms with Gasteiger partial charge in [0.2, 0.25) is 5.56 Å². The maximum Gasteiger partial charge on any atom is 0.253 e. The number of pyridine rings is 2. The van der Waals surface area contributed by atoms with Crippen molar-refractivity contribution < 1.29 is 13.6 Å². The predicted molar refractivity (Wildman–Crippen MR) is 91.6 cm³/mol. The number of rotatable bonds is 4. The quantitative estimate of drug-likeness (QED) is 0.782. The van der Waals surface area contributed by atoms with Crippen LogP contribution in [0.15, 0.2) is 65.7 Å². The number of nitrogens with one attached hydrogen (secondary N) is 1. The highest BCUT2D eigenvalue weighted by Gasteiger charge is 2.22. The average Bonchev–Trinajstić information content (AvgIpc) is 2.63. The monoisotopic (exact) mass is 355 g/mol. The summed E-state index contributed by atoms with van der Waals surface area (Å²) in [6.45, 7) is 0. The summed E-state index contributed by atoms with van der Waals surface area (Å²) >= 11 is 0. The Balaban J connectivity index is 1.99. The maximum atomic E-state index is 14.2. The van der Waals surface area contributed by atoms with Crippen molar-refractivity contribution in [1.29, 1.82) is 0 Å². The summed E-state index contributed by atoms with van der Waals surface area (Å²) in [5, 5.41) is 2.69. The molecule has 132 valence electrons. The van der Waals surface area contributed by atoms with Crippen LogP contribution in [-0.4, -0.2) is 15.5 Å². The molecule has 2 heterocycles. The Kier molecular flexibility index (Phi) is 4.88. The average molecular weight is 355 g/mol. The third kappa shape index (κ3) is 3.66. The van der Waals surface area contributed by atoms with Crippen LogP contribution in [0.25, 0.3) is 0 Å². The van der Waals surface area contributed by atoms with Gasteiger partial charge in [0, 0.05) is 25.5 Å². The van der Waals surface area contributed by atoms with Gasteiger partial charge in [0.25, 0.3) is 5.91 Å². The number of carbonyl (C=O) groups is 1. The van der Waals surface area contributed by atoms with Crippen molar-refractivity contribution in [2.75, 3.05) is 0 Å². The van der Waals surface area contributed by atoms with Crippen LogP contribution in [-0.2, 0) is 7.05 Å². The predicted octanol–water partition coefficient (Wildman–Crippen LogP) is 2.58. The van der Waals surface area contributed by atoms with E-state index in [2.05, 4.69) is 10.3 Å². The summed E-state index contributed by atoms with van der Waals surface area (Å²) in [7, 11) is 1.52. The van der Waals surface area contributed by atoms with E-state index in [-0.39, 0.29) is 16.8 Å². The fraction of sp³-hybridized carbons (Fsp3) is 0.105. The van der Waals surface area contributed by atoms with Gasteiger partial charge in [-0.05, 0) is 35.9 Å². The number of hydrogen-bond donors (Lipinski definition) is 1. The summed E-state index contributed by atoms with van der Waals surface area (Å²) in [4.78, 5) is 28.1. The van der Waals surface area contributed by atoms with Gasteiger partial charge in [0.05, 0.1) is 11.6 Å². The van der Waals surface area contributed by atoms with Crippen molar-refractivity contribution in [1.82, 2.24) is 14.9 Å². The van der Waals surface area contributed by atoms with E-state index >= 15 is 0 Å². The number of benzene rings is 1. The normalized spacial score (nSPS) is 11.8. The molecule has 3 rings (SSSR count). The Bertz CT molecular complexity index is 1000. The molecule has 2 aromatic heterocycles. The molecular formula is C19H15F2N3O2. The number of carbonyl (C=O) groups excluding carboxylic acids is 1. The first kappa shape index (κ1) is 17.5. The SMILES string of the molecule is Cn1cc(C(=O)N[C@@H](c2ccc(F)cc2)c2ncccc2F)ccc1=O. The lowest BCUT2D eigenvalue weighted by Crippen LogP contribution is -2.31. The summed E-state index contributed by atoms with van der Waals surface area (Å²) < 4.78 is 28.7. The lowest BCUT2D eigenvalue weighted by atomic mass is 10.0. The van der Waals surface area contributed by atoms with Gasteiger partial charge in [0.1, 0.15) is 17.3 Å². The second-order valence-electron chi connectivity index (χ2n) is 5.70. The van der Waals surface area contributed by atoms with Crippen LogP contribution >= 0.6 is 0 Å². The highest BCUT2D eigenvalue weighted by Crippen LogP contribution is 2.23. The number of aryl methyl sites for hydroxylation is 1. The van der Waals surface area contributed by atoms with Gasteiger partial charge in [-0.2, -0.15) is 0 Å². The molecule has 1 amide bonds. The van der Waals surface area contributed by atoms with Crippen LogP contribution in [0.4, 0.5) is 8.78 Å². The van der Waals surface area contributed by atoms with Crippen molar-refractivity contribution >= 4 is 5.91 Å². The summed E-state index contributed by atoms with van der Waals surface area (Å²) in [5.74, 6) is -1.55. The van der Waals surface area contributed by atoms with E-state index < -0.39 is 23.6 Å². The Morgan fingerprint density at radius 3 is 2.50 bits per heavy atom. The Morgan fingerprint density at radius 2 is 1.85 bits per heavy atom. The molecule has 7 heteroatoms. The highest BCUT2D eigenvalue weighted by atomic mass is 19.1. The van der Waals surface area contributed by atoms with Gasteiger partial charge in [-0.1, -0.05) is 12.1 Å². The summed E-state index contributed by atoms with van der Waals surface area (Å²) in [6.07, 6.45) is 2.79. The number of amides is 1. The van der Waals surface area contributed by atoms with Gasteiger partial charge >= 0.3 is 0 Å². The van der Waals surface area contributed by atoms with Crippen molar-refractivity contribution in [3.05, 3.63) is 99.7 Å². The van der Waals surface area contributed by atoms with Gasteiger partial charge in [-0.3, -0.25) is 14.6 Å². The van der Waals surface area contributed by atoms with E-state index in [9.17, 15) is 18.4 Å².